The maximum Gasteiger partial charge on any atom is 0.337 e. The van der Waals surface area contributed by atoms with Crippen LogP contribution in [-0.2, 0) is 6.42 Å². The van der Waals surface area contributed by atoms with E-state index in [4.69, 9.17) is 27.0 Å². The van der Waals surface area contributed by atoms with Crippen LogP contribution in [-0.4, -0.2) is 27.8 Å². The number of anilines is 2. The number of carbonyl (C=O) groups is 1. The van der Waals surface area contributed by atoms with Gasteiger partial charge in [-0.15, -0.1) is 0 Å². The smallest absolute Gasteiger partial charge is 0.337 e. The van der Waals surface area contributed by atoms with E-state index in [0.717, 1.165) is 0 Å². The molecule has 100 valence electrons. The summed E-state index contributed by atoms with van der Waals surface area (Å²) in [7, 11) is 0. The summed E-state index contributed by atoms with van der Waals surface area (Å²) in [5, 5.41) is 15.8. The van der Waals surface area contributed by atoms with E-state index in [9.17, 15) is 4.79 Å². The van der Waals surface area contributed by atoms with E-state index in [1.807, 2.05) is 0 Å². The highest BCUT2D eigenvalue weighted by Gasteiger charge is 2.14. The molecule has 0 aliphatic rings. The standard InChI is InChI=1S/C11H11ClN4O3/c12-8-4-6(13)3-7(11(17)18)10(8)14-2-1-9-15-5-16-19-9/h3-5,14H,1-2,13H2,(H,17,18). The number of nitrogens with zero attached hydrogens (tertiary/aromatic N) is 2. The lowest BCUT2D eigenvalue weighted by Crippen LogP contribution is -2.11. The van der Waals surface area contributed by atoms with Crippen LogP contribution in [0.25, 0.3) is 0 Å². The van der Waals surface area contributed by atoms with Gasteiger partial charge in [0.2, 0.25) is 5.89 Å². The fraction of sp³-hybridized carbons (Fsp3) is 0.182. The van der Waals surface area contributed by atoms with Crippen molar-refractivity contribution in [2.24, 2.45) is 0 Å². The number of carboxylic acid groups (broad SMARTS) is 1. The van der Waals surface area contributed by atoms with E-state index in [-0.39, 0.29) is 10.6 Å². The Morgan fingerprint density at radius 3 is 2.95 bits per heavy atom. The summed E-state index contributed by atoms with van der Waals surface area (Å²) in [6, 6.07) is 2.84. The number of halogens is 1. The highest BCUT2D eigenvalue weighted by atomic mass is 35.5. The fourth-order valence-corrected chi connectivity index (χ4v) is 1.87. The van der Waals surface area contributed by atoms with Crippen molar-refractivity contribution in [3.63, 3.8) is 0 Å². The number of benzene rings is 1. The Hall–Kier alpha value is -2.28. The summed E-state index contributed by atoms with van der Waals surface area (Å²) >= 11 is 5.98. The first-order valence-corrected chi connectivity index (χ1v) is 5.77. The second-order valence-electron chi connectivity index (χ2n) is 3.74. The van der Waals surface area contributed by atoms with Crippen LogP contribution in [0.2, 0.25) is 5.02 Å². The molecule has 0 aliphatic carbocycles. The Bertz CT molecular complexity index is 586. The van der Waals surface area contributed by atoms with E-state index in [1.165, 1.54) is 18.5 Å². The molecule has 0 spiro atoms. The minimum atomic E-state index is -1.10. The molecule has 2 aromatic rings. The highest BCUT2D eigenvalue weighted by molar-refractivity contribution is 6.34. The first-order valence-electron chi connectivity index (χ1n) is 5.39. The molecule has 7 nitrogen and oxygen atoms in total. The number of nitrogens with two attached hydrogens (primary N) is 1. The number of carboxylic acids is 1. The number of nitrogen functional groups attached to an aromatic ring is 1. The molecule has 0 saturated carbocycles. The van der Waals surface area contributed by atoms with Gasteiger partial charge in [0, 0.05) is 18.7 Å². The largest absolute Gasteiger partial charge is 0.478 e. The zero-order chi connectivity index (χ0) is 13.8. The van der Waals surface area contributed by atoms with Crippen molar-refractivity contribution in [1.82, 2.24) is 10.1 Å². The summed E-state index contributed by atoms with van der Waals surface area (Å²) in [5.41, 5.74) is 6.21. The predicted octanol–water partition coefficient (Wildman–Crippen LogP) is 1.66. The van der Waals surface area contributed by atoms with Crippen LogP contribution in [0, 0.1) is 0 Å². The van der Waals surface area contributed by atoms with Crippen LogP contribution in [0.5, 0.6) is 0 Å². The van der Waals surface area contributed by atoms with Crippen molar-refractivity contribution < 1.29 is 14.4 Å². The summed E-state index contributed by atoms with van der Waals surface area (Å²) in [6.45, 7) is 0.409. The second-order valence-corrected chi connectivity index (χ2v) is 4.15. The molecule has 0 aliphatic heterocycles. The van der Waals surface area contributed by atoms with Gasteiger partial charge in [-0.1, -0.05) is 16.8 Å². The molecule has 1 aromatic carbocycles. The zero-order valence-corrected chi connectivity index (χ0v) is 10.5. The second kappa shape index (κ2) is 5.57. The lowest BCUT2D eigenvalue weighted by atomic mass is 10.1. The van der Waals surface area contributed by atoms with Gasteiger partial charge in [0.05, 0.1) is 16.3 Å². The third-order valence-corrected chi connectivity index (χ3v) is 2.69. The molecule has 0 saturated heterocycles. The number of nitrogens with one attached hydrogen (secondary N) is 1. The van der Waals surface area contributed by atoms with Gasteiger partial charge < -0.3 is 20.7 Å². The van der Waals surface area contributed by atoms with Crippen LogP contribution in [0.15, 0.2) is 23.0 Å². The molecule has 0 fully saturated rings. The summed E-state index contributed by atoms with van der Waals surface area (Å²) in [4.78, 5) is 15.0. The van der Waals surface area contributed by atoms with Gasteiger partial charge in [-0.05, 0) is 12.1 Å². The molecule has 19 heavy (non-hydrogen) atoms. The molecule has 4 N–H and O–H groups in total. The topological polar surface area (TPSA) is 114 Å². The number of aromatic carboxylic acids is 1. The van der Waals surface area contributed by atoms with Crippen molar-refractivity contribution in [3.8, 4) is 0 Å². The lowest BCUT2D eigenvalue weighted by Gasteiger charge is -2.11. The van der Waals surface area contributed by atoms with Gasteiger partial charge in [-0.2, -0.15) is 4.98 Å². The monoisotopic (exact) mass is 282 g/mol. The molecular formula is C11H11ClN4O3. The minimum absolute atomic E-state index is 0.0236. The first kappa shape index (κ1) is 13.2. The average Bonchev–Trinajstić information content (AvgIpc) is 2.84. The average molecular weight is 283 g/mol. The molecule has 0 unspecified atom stereocenters. The lowest BCUT2D eigenvalue weighted by molar-refractivity contribution is 0.0698. The zero-order valence-electron chi connectivity index (χ0n) is 9.76. The normalized spacial score (nSPS) is 10.4. The van der Waals surface area contributed by atoms with E-state index >= 15 is 0 Å². The quantitative estimate of drug-likeness (QED) is 0.714. The molecule has 0 radical (unpaired) electrons. The Morgan fingerprint density at radius 2 is 2.32 bits per heavy atom. The third kappa shape index (κ3) is 3.14. The Labute approximate surface area is 113 Å². The van der Waals surface area contributed by atoms with Crippen molar-refractivity contribution in [3.05, 3.63) is 34.9 Å². The number of hydrogen-bond donors (Lipinski definition) is 3. The molecule has 0 atom stereocenters. The van der Waals surface area contributed by atoms with E-state index < -0.39 is 5.97 Å². The molecule has 2 rings (SSSR count). The van der Waals surface area contributed by atoms with Crippen molar-refractivity contribution >= 4 is 28.9 Å². The van der Waals surface area contributed by atoms with Crippen LogP contribution in [0.4, 0.5) is 11.4 Å². The van der Waals surface area contributed by atoms with Gasteiger partial charge in [0.25, 0.3) is 0 Å². The van der Waals surface area contributed by atoms with Gasteiger partial charge in [-0.25, -0.2) is 4.79 Å². The van der Waals surface area contributed by atoms with Crippen LogP contribution in [0.3, 0.4) is 0 Å². The third-order valence-electron chi connectivity index (χ3n) is 2.39. The van der Waals surface area contributed by atoms with Gasteiger partial charge in [0.1, 0.15) is 0 Å². The SMILES string of the molecule is Nc1cc(Cl)c(NCCc2ncno2)c(C(=O)O)c1. The maximum atomic E-state index is 11.1. The Kier molecular flexibility index (Phi) is 3.86. The summed E-state index contributed by atoms with van der Waals surface area (Å²) < 4.78 is 4.83. The van der Waals surface area contributed by atoms with Crippen molar-refractivity contribution in [1.29, 1.82) is 0 Å². The molecule has 0 bridgehead atoms. The first-order chi connectivity index (χ1) is 9.08. The molecule has 8 heteroatoms. The van der Waals surface area contributed by atoms with E-state index in [1.54, 1.807) is 0 Å². The van der Waals surface area contributed by atoms with Gasteiger partial charge in [-0.3, -0.25) is 0 Å². The van der Waals surface area contributed by atoms with Crippen LogP contribution in [0.1, 0.15) is 16.2 Å². The molecule has 0 amide bonds. The molecule has 1 heterocycles. The molecule has 1 aromatic heterocycles. The van der Waals surface area contributed by atoms with Gasteiger partial charge >= 0.3 is 5.97 Å². The summed E-state index contributed by atoms with van der Waals surface area (Å²) in [6.07, 6.45) is 1.76. The van der Waals surface area contributed by atoms with E-state index in [0.29, 0.717) is 30.2 Å². The number of rotatable bonds is 5. The fourth-order valence-electron chi connectivity index (χ4n) is 1.58. The molecular weight excluding hydrogens is 272 g/mol. The number of aromatic nitrogens is 2. The van der Waals surface area contributed by atoms with Crippen molar-refractivity contribution in [2.45, 2.75) is 6.42 Å². The Morgan fingerprint density at radius 1 is 1.53 bits per heavy atom. The highest BCUT2D eigenvalue weighted by Crippen LogP contribution is 2.29. The summed E-state index contributed by atoms with van der Waals surface area (Å²) in [5.74, 6) is -0.648. The van der Waals surface area contributed by atoms with Crippen molar-refractivity contribution in [2.75, 3.05) is 17.6 Å². The predicted molar refractivity (Wildman–Crippen MR) is 69.3 cm³/mol. The maximum absolute atomic E-state index is 11.1. The van der Waals surface area contributed by atoms with Gasteiger partial charge in [0.15, 0.2) is 6.33 Å². The number of hydrogen-bond acceptors (Lipinski definition) is 6. The van der Waals surface area contributed by atoms with E-state index in [2.05, 4.69) is 15.5 Å². The van der Waals surface area contributed by atoms with Crippen LogP contribution >= 0.6 is 11.6 Å². The Balaban J connectivity index is 2.12. The minimum Gasteiger partial charge on any atom is -0.478 e. The van der Waals surface area contributed by atoms with Crippen LogP contribution < -0.4 is 11.1 Å².